The van der Waals surface area contributed by atoms with Crippen LogP contribution in [0, 0.1) is 6.92 Å². The van der Waals surface area contributed by atoms with Gasteiger partial charge in [-0.15, -0.1) is 0 Å². The van der Waals surface area contributed by atoms with Gasteiger partial charge in [0.25, 0.3) is 0 Å². The van der Waals surface area contributed by atoms with Gasteiger partial charge in [0.15, 0.2) is 5.82 Å². The summed E-state index contributed by atoms with van der Waals surface area (Å²) in [6.45, 7) is 3.34. The molecule has 0 fully saturated rings. The molecule has 0 spiro atoms. The Hall–Kier alpha value is -2.70. The predicted octanol–water partition coefficient (Wildman–Crippen LogP) is 1.05. The lowest BCUT2D eigenvalue weighted by Gasteiger charge is -2.17. The first-order valence-corrected chi connectivity index (χ1v) is 6.43. The maximum absolute atomic E-state index is 11.9. The number of hydrogen-bond acceptors (Lipinski definition) is 5. The zero-order valence-corrected chi connectivity index (χ0v) is 11.9. The van der Waals surface area contributed by atoms with Gasteiger partial charge in [-0.1, -0.05) is 11.2 Å². The Balaban J connectivity index is 1.94. The Morgan fingerprint density at radius 1 is 1.43 bits per heavy atom. The number of carbonyl (C=O) groups is 2. The minimum atomic E-state index is -0.283. The lowest BCUT2D eigenvalue weighted by molar-refractivity contribution is -0.123. The molecule has 2 amide bonds. The molecular weight excluding hydrogens is 272 g/mol. The molecule has 2 aromatic rings. The maximum Gasteiger partial charge on any atom is 0.240 e. The number of aryl methyl sites for hydroxylation is 1. The second-order valence-electron chi connectivity index (χ2n) is 4.54. The van der Waals surface area contributed by atoms with Crippen molar-refractivity contribution in [3.05, 3.63) is 41.9 Å². The molecular formula is C14H16N4O3. The van der Waals surface area contributed by atoms with Gasteiger partial charge in [0.05, 0.1) is 0 Å². The molecule has 0 saturated carbocycles. The third kappa shape index (κ3) is 4.13. The minimum absolute atomic E-state index is 0.110. The summed E-state index contributed by atoms with van der Waals surface area (Å²) in [5, 5.41) is 6.48. The van der Waals surface area contributed by atoms with Crippen LogP contribution in [-0.2, 0) is 16.1 Å². The zero-order chi connectivity index (χ0) is 15.2. The van der Waals surface area contributed by atoms with Gasteiger partial charge in [0, 0.05) is 31.9 Å². The van der Waals surface area contributed by atoms with E-state index in [2.05, 4.69) is 15.5 Å². The van der Waals surface area contributed by atoms with Crippen molar-refractivity contribution in [1.82, 2.24) is 15.5 Å². The van der Waals surface area contributed by atoms with Crippen LogP contribution in [0.1, 0.15) is 18.2 Å². The molecule has 0 bridgehead atoms. The highest BCUT2D eigenvalue weighted by Crippen LogP contribution is 2.13. The van der Waals surface area contributed by atoms with Crippen molar-refractivity contribution < 1.29 is 14.1 Å². The largest absolute Gasteiger partial charge is 0.360 e. The van der Waals surface area contributed by atoms with Crippen molar-refractivity contribution in [1.29, 1.82) is 0 Å². The normalized spacial score (nSPS) is 10.2. The molecule has 0 saturated heterocycles. The Bertz CT molecular complexity index is 624. The van der Waals surface area contributed by atoms with Crippen LogP contribution in [-0.4, -0.2) is 28.5 Å². The first-order chi connectivity index (χ1) is 10.1. The summed E-state index contributed by atoms with van der Waals surface area (Å²) in [6.07, 6.45) is 3.33. The average molecular weight is 288 g/mol. The topological polar surface area (TPSA) is 88.3 Å². The fraction of sp³-hybridized carbons (Fsp3) is 0.286. The van der Waals surface area contributed by atoms with Gasteiger partial charge in [-0.25, -0.2) is 0 Å². The highest BCUT2D eigenvalue weighted by atomic mass is 16.5. The number of amides is 2. The monoisotopic (exact) mass is 288 g/mol. The van der Waals surface area contributed by atoms with Crippen molar-refractivity contribution in [3.63, 3.8) is 0 Å². The van der Waals surface area contributed by atoms with Gasteiger partial charge < -0.3 is 9.84 Å². The molecule has 0 aromatic carbocycles. The number of rotatable bonds is 5. The number of anilines is 1. The second-order valence-corrected chi connectivity index (χ2v) is 4.54. The van der Waals surface area contributed by atoms with Crippen LogP contribution in [0.4, 0.5) is 5.82 Å². The quantitative estimate of drug-likeness (QED) is 0.888. The van der Waals surface area contributed by atoms with E-state index in [-0.39, 0.29) is 18.4 Å². The standard InChI is InChI=1S/C14H16N4O3/c1-10-6-13(17-21-10)18(11(2)19)9-14(20)16-8-12-4-3-5-15-7-12/h3-7H,8-9H2,1-2H3,(H,16,20). The van der Waals surface area contributed by atoms with Crippen molar-refractivity contribution in [3.8, 4) is 0 Å². The summed E-state index contributed by atoms with van der Waals surface area (Å²) in [4.78, 5) is 28.8. The summed E-state index contributed by atoms with van der Waals surface area (Å²) in [7, 11) is 0. The number of nitrogens with one attached hydrogen (secondary N) is 1. The molecule has 2 aromatic heterocycles. The Kier molecular flexibility index (Phi) is 4.65. The van der Waals surface area contributed by atoms with Crippen LogP contribution in [0.5, 0.6) is 0 Å². The van der Waals surface area contributed by atoms with Gasteiger partial charge in [0.1, 0.15) is 12.3 Å². The molecule has 0 aliphatic carbocycles. The van der Waals surface area contributed by atoms with Crippen LogP contribution < -0.4 is 10.2 Å². The fourth-order valence-electron chi connectivity index (χ4n) is 1.74. The van der Waals surface area contributed by atoms with Crippen molar-refractivity contribution in [2.24, 2.45) is 0 Å². The third-order valence-electron chi connectivity index (χ3n) is 2.79. The predicted molar refractivity (Wildman–Crippen MR) is 75.4 cm³/mol. The number of carbonyl (C=O) groups excluding carboxylic acids is 2. The molecule has 21 heavy (non-hydrogen) atoms. The molecule has 7 heteroatoms. The van der Waals surface area contributed by atoms with Gasteiger partial charge in [-0.2, -0.15) is 0 Å². The smallest absolute Gasteiger partial charge is 0.240 e. The van der Waals surface area contributed by atoms with E-state index >= 15 is 0 Å². The lowest BCUT2D eigenvalue weighted by Crippen LogP contribution is -2.39. The highest BCUT2D eigenvalue weighted by Gasteiger charge is 2.18. The van der Waals surface area contributed by atoms with E-state index in [0.717, 1.165) is 5.56 Å². The van der Waals surface area contributed by atoms with E-state index in [1.54, 1.807) is 31.5 Å². The first kappa shape index (κ1) is 14.7. The molecule has 1 N–H and O–H groups in total. The number of aromatic nitrogens is 2. The highest BCUT2D eigenvalue weighted by molar-refractivity contribution is 5.96. The van der Waals surface area contributed by atoms with Gasteiger partial charge >= 0.3 is 0 Å². The number of pyridine rings is 1. The van der Waals surface area contributed by atoms with E-state index in [9.17, 15) is 9.59 Å². The minimum Gasteiger partial charge on any atom is -0.360 e. The molecule has 0 radical (unpaired) electrons. The van der Waals surface area contributed by atoms with Gasteiger partial charge in [-0.05, 0) is 18.6 Å². The lowest BCUT2D eigenvalue weighted by atomic mass is 10.3. The SMILES string of the molecule is CC(=O)N(CC(=O)NCc1cccnc1)c1cc(C)on1. The van der Waals surface area contributed by atoms with Crippen LogP contribution in [0.15, 0.2) is 35.1 Å². The summed E-state index contributed by atoms with van der Waals surface area (Å²) in [6, 6.07) is 5.26. The molecule has 2 heterocycles. The summed E-state index contributed by atoms with van der Waals surface area (Å²) in [5.41, 5.74) is 0.887. The molecule has 110 valence electrons. The van der Waals surface area contributed by atoms with E-state index in [0.29, 0.717) is 18.1 Å². The number of hydrogen-bond donors (Lipinski definition) is 1. The van der Waals surface area contributed by atoms with Crippen LogP contribution in [0.25, 0.3) is 0 Å². The molecule has 0 aliphatic heterocycles. The van der Waals surface area contributed by atoms with E-state index in [4.69, 9.17) is 4.52 Å². The molecule has 0 unspecified atom stereocenters. The van der Waals surface area contributed by atoms with Crippen molar-refractivity contribution in [2.75, 3.05) is 11.4 Å². The van der Waals surface area contributed by atoms with Crippen LogP contribution in [0.3, 0.4) is 0 Å². The molecule has 0 atom stereocenters. The summed E-state index contributed by atoms with van der Waals surface area (Å²) >= 11 is 0. The first-order valence-electron chi connectivity index (χ1n) is 6.43. The van der Waals surface area contributed by atoms with Crippen molar-refractivity contribution >= 4 is 17.6 Å². The summed E-state index contributed by atoms with van der Waals surface area (Å²) < 4.78 is 4.92. The van der Waals surface area contributed by atoms with E-state index < -0.39 is 0 Å². The van der Waals surface area contributed by atoms with Crippen LogP contribution >= 0.6 is 0 Å². The Morgan fingerprint density at radius 3 is 2.81 bits per heavy atom. The maximum atomic E-state index is 11.9. The van der Waals surface area contributed by atoms with E-state index in [1.807, 2.05) is 6.07 Å². The van der Waals surface area contributed by atoms with Gasteiger partial charge in [-0.3, -0.25) is 19.5 Å². The van der Waals surface area contributed by atoms with Crippen molar-refractivity contribution in [2.45, 2.75) is 20.4 Å². The molecule has 7 nitrogen and oxygen atoms in total. The second kappa shape index (κ2) is 6.65. The average Bonchev–Trinajstić information content (AvgIpc) is 2.89. The Labute approximate surface area is 121 Å². The van der Waals surface area contributed by atoms with Crippen LogP contribution in [0.2, 0.25) is 0 Å². The molecule has 0 aliphatic rings. The Morgan fingerprint density at radius 2 is 2.24 bits per heavy atom. The summed E-state index contributed by atoms with van der Waals surface area (Å²) in [5.74, 6) is 0.345. The number of nitrogens with zero attached hydrogens (tertiary/aromatic N) is 3. The van der Waals surface area contributed by atoms with E-state index in [1.165, 1.54) is 11.8 Å². The van der Waals surface area contributed by atoms with Gasteiger partial charge in [0.2, 0.25) is 11.8 Å². The third-order valence-corrected chi connectivity index (χ3v) is 2.79. The fourth-order valence-corrected chi connectivity index (χ4v) is 1.74. The zero-order valence-electron chi connectivity index (χ0n) is 11.9. The molecule has 2 rings (SSSR count).